The second kappa shape index (κ2) is 4.93. The molecule has 0 radical (unpaired) electrons. The quantitative estimate of drug-likeness (QED) is 0.847. The lowest BCUT2D eigenvalue weighted by Crippen LogP contribution is -2.20. The SMILES string of the molecule is CC(N)c1csc(NC(=O)CC2CCC2)n1. The number of thiazole rings is 1. The average Bonchev–Trinajstić information content (AvgIpc) is 2.60. The van der Waals surface area contributed by atoms with Crippen molar-refractivity contribution < 1.29 is 4.79 Å². The van der Waals surface area contributed by atoms with Gasteiger partial charge in [0, 0.05) is 17.8 Å². The van der Waals surface area contributed by atoms with E-state index in [0.29, 0.717) is 17.5 Å². The number of nitrogens with zero attached hydrogens (tertiary/aromatic N) is 1. The van der Waals surface area contributed by atoms with Crippen LogP contribution in [0.25, 0.3) is 0 Å². The van der Waals surface area contributed by atoms with Gasteiger partial charge in [-0.05, 0) is 25.7 Å². The van der Waals surface area contributed by atoms with Crippen LogP contribution in [0, 0.1) is 5.92 Å². The maximum Gasteiger partial charge on any atom is 0.226 e. The number of hydrogen-bond donors (Lipinski definition) is 2. The largest absolute Gasteiger partial charge is 0.323 e. The van der Waals surface area contributed by atoms with E-state index in [9.17, 15) is 4.79 Å². The van der Waals surface area contributed by atoms with E-state index in [-0.39, 0.29) is 11.9 Å². The summed E-state index contributed by atoms with van der Waals surface area (Å²) in [4.78, 5) is 15.9. The number of amides is 1. The number of anilines is 1. The Hall–Kier alpha value is -0.940. The van der Waals surface area contributed by atoms with Crippen LogP contribution in [0.3, 0.4) is 0 Å². The molecular formula is C11H17N3OS. The first-order chi connectivity index (χ1) is 7.65. The second-order valence-electron chi connectivity index (χ2n) is 4.42. The molecule has 0 aliphatic heterocycles. The summed E-state index contributed by atoms with van der Waals surface area (Å²) in [7, 11) is 0. The van der Waals surface area contributed by atoms with Gasteiger partial charge in [0.25, 0.3) is 0 Å². The molecule has 1 heterocycles. The summed E-state index contributed by atoms with van der Waals surface area (Å²) in [5, 5.41) is 5.39. The van der Waals surface area contributed by atoms with Crippen molar-refractivity contribution in [3.05, 3.63) is 11.1 Å². The first kappa shape index (κ1) is 11.5. The van der Waals surface area contributed by atoms with Crippen molar-refractivity contribution in [2.75, 3.05) is 5.32 Å². The van der Waals surface area contributed by atoms with Crippen molar-refractivity contribution in [3.8, 4) is 0 Å². The van der Waals surface area contributed by atoms with Gasteiger partial charge < -0.3 is 11.1 Å². The van der Waals surface area contributed by atoms with E-state index in [1.165, 1.54) is 30.6 Å². The highest BCUT2D eigenvalue weighted by atomic mass is 32.1. The maximum atomic E-state index is 11.6. The lowest BCUT2D eigenvalue weighted by atomic mass is 9.83. The first-order valence-corrected chi connectivity index (χ1v) is 6.54. The van der Waals surface area contributed by atoms with Crippen LogP contribution in [-0.2, 0) is 4.79 Å². The summed E-state index contributed by atoms with van der Waals surface area (Å²) in [5.41, 5.74) is 6.54. The van der Waals surface area contributed by atoms with Gasteiger partial charge in [-0.25, -0.2) is 4.98 Å². The number of carbonyl (C=O) groups excluding carboxylic acids is 1. The van der Waals surface area contributed by atoms with E-state index in [1.54, 1.807) is 0 Å². The van der Waals surface area contributed by atoms with E-state index in [4.69, 9.17) is 5.73 Å². The Kier molecular flexibility index (Phi) is 3.56. The van der Waals surface area contributed by atoms with Gasteiger partial charge in [-0.2, -0.15) is 0 Å². The summed E-state index contributed by atoms with van der Waals surface area (Å²) in [6, 6.07) is -0.0754. The number of nitrogens with one attached hydrogen (secondary N) is 1. The number of hydrogen-bond acceptors (Lipinski definition) is 4. The highest BCUT2D eigenvalue weighted by Gasteiger charge is 2.21. The predicted octanol–water partition coefficient (Wildman–Crippen LogP) is 2.29. The molecular weight excluding hydrogens is 222 g/mol. The fourth-order valence-corrected chi connectivity index (χ4v) is 2.51. The molecule has 0 aromatic carbocycles. The Morgan fingerprint density at radius 3 is 3.00 bits per heavy atom. The Morgan fingerprint density at radius 1 is 1.75 bits per heavy atom. The molecule has 1 atom stereocenters. The third kappa shape index (κ3) is 2.80. The number of carbonyl (C=O) groups is 1. The van der Waals surface area contributed by atoms with Crippen molar-refractivity contribution in [1.29, 1.82) is 0 Å². The highest BCUT2D eigenvalue weighted by molar-refractivity contribution is 7.13. The first-order valence-electron chi connectivity index (χ1n) is 5.66. The summed E-state index contributed by atoms with van der Waals surface area (Å²) in [6.07, 6.45) is 4.28. The Bertz CT molecular complexity index is 371. The maximum absolute atomic E-state index is 11.6. The molecule has 0 spiro atoms. The van der Waals surface area contributed by atoms with Gasteiger partial charge in [-0.15, -0.1) is 11.3 Å². The van der Waals surface area contributed by atoms with Gasteiger partial charge in [0.2, 0.25) is 5.91 Å². The molecule has 5 heteroatoms. The monoisotopic (exact) mass is 239 g/mol. The van der Waals surface area contributed by atoms with Crippen LogP contribution in [0.1, 0.15) is 44.3 Å². The molecule has 1 aliphatic rings. The molecule has 16 heavy (non-hydrogen) atoms. The molecule has 0 bridgehead atoms. The van der Waals surface area contributed by atoms with Gasteiger partial charge in [-0.1, -0.05) is 6.42 Å². The predicted molar refractivity (Wildman–Crippen MR) is 65.3 cm³/mol. The zero-order valence-corrected chi connectivity index (χ0v) is 10.2. The molecule has 1 aromatic rings. The number of rotatable bonds is 4. The topological polar surface area (TPSA) is 68.0 Å². The number of nitrogens with two attached hydrogens (primary N) is 1. The smallest absolute Gasteiger partial charge is 0.226 e. The second-order valence-corrected chi connectivity index (χ2v) is 5.27. The third-order valence-electron chi connectivity index (χ3n) is 2.93. The summed E-state index contributed by atoms with van der Waals surface area (Å²) in [5.74, 6) is 0.670. The molecule has 0 saturated heterocycles. The van der Waals surface area contributed by atoms with Gasteiger partial charge in [0.1, 0.15) is 0 Å². The summed E-state index contributed by atoms with van der Waals surface area (Å²) < 4.78 is 0. The van der Waals surface area contributed by atoms with Crippen LogP contribution in [0.2, 0.25) is 0 Å². The Balaban J connectivity index is 1.85. The fraction of sp³-hybridized carbons (Fsp3) is 0.636. The highest BCUT2D eigenvalue weighted by Crippen LogP contribution is 2.29. The molecule has 1 amide bonds. The van der Waals surface area contributed by atoms with Crippen molar-refractivity contribution in [2.24, 2.45) is 11.7 Å². The van der Waals surface area contributed by atoms with E-state index in [0.717, 1.165) is 5.69 Å². The van der Waals surface area contributed by atoms with E-state index < -0.39 is 0 Å². The van der Waals surface area contributed by atoms with Crippen LogP contribution in [0.5, 0.6) is 0 Å². The minimum Gasteiger partial charge on any atom is -0.323 e. The summed E-state index contributed by atoms with van der Waals surface area (Å²) >= 11 is 1.44. The van der Waals surface area contributed by atoms with Crippen LogP contribution in [0.4, 0.5) is 5.13 Å². The standard InChI is InChI=1S/C11H17N3OS/c1-7(12)9-6-16-11(13-9)14-10(15)5-8-3-2-4-8/h6-8H,2-5,12H2,1H3,(H,13,14,15). The number of aromatic nitrogens is 1. The molecule has 88 valence electrons. The van der Waals surface area contributed by atoms with Gasteiger partial charge in [0.05, 0.1) is 5.69 Å². The molecule has 1 fully saturated rings. The van der Waals surface area contributed by atoms with Crippen molar-refractivity contribution in [3.63, 3.8) is 0 Å². The van der Waals surface area contributed by atoms with Crippen molar-refractivity contribution in [1.82, 2.24) is 4.98 Å². The van der Waals surface area contributed by atoms with Gasteiger partial charge in [0.15, 0.2) is 5.13 Å². The summed E-state index contributed by atoms with van der Waals surface area (Å²) in [6.45, 7) is 1.88. The zero-order chi connectivity index (χ0) is 11.5. The van der Waals surface area contributed by atoms with E-state index in [1.807, 2.05) is 12.3 Å². The normalized spacial score (nSPS) is 17.9. The fourth-order valence-electron chi connectivity index (χ4n) is 1.68. The molecule has 3 N–H and O–H groups in total. The Morgan fingerprint density at radius 2 is 2.50 bits per heavy atom. The van der Waals surface area contributed by atoms with Crippen LogP contribution in [-0.4, -0.2) is 10.9 Å². The zero-order valence-electron chi connectivity index (χ0n) is 9.40. The van der Waals surface area contributed by atoms with E-state index >= 15 is 0 Å². The third-order valence-corrected chi connectivity index (χ3v) is 3.71. The minimum atomic E-state index is -0.0754. The molecule has 1 unspecified atom stereocenters. The lowest BCUT2D eigenvalue weighted by molar-refractivity contribution is -0.117. The minimum absolute atomic E-state index is 0.0754. The van der Waals surface area contributed by atoms with Crippen LogP contribution in [0.15, 0.2) is 5.38 Å². The van der Waals surface area contributed by atoms with E-state index in [2.05, 4.69) is 10.3 Å². The molecule has 1 saturated carbocycles. The Labute approximate surface area is 99.3 Å². The molecule has 2 rings (SSSR count). The molecule has 4 nitrogen and oxygen atoms in total. The van der Waals surface area contributed by atoms with Crippen LogP contribution >= 0.6 is 11.3 Å². The van der Waals surface area contributed by atoms with Crippen LogP contribution < -0.4 is 11.1 Å². The molecule has 1 aliphatic carbocycles. The van der Waals surface area contributed by atoms with Gasteiger partial charge in [-0.3, -0.25) is 4.79 Å². The molecule has 1 aromatic heterocycles. The van der Waals surface area contributed by atoms with Crippen molar-refractivity contribution in [2.45, 2.75) is 38.6 Å². The van der Waals surface area contributed by atoms with Gasteiger partial charge >= 0.3 is 0 Å². The average molecular weight is 239 g/mol. The van der Waals surface area contributed by atoms with Crippen molar-refractivity contribution >= 4 is 22.4 Å². The lowest BCUT2D eigenvalue weighted by Gasteiger charge is -2.24.